The topological polar surface area (TPSA) is 12.0 Å². The van der Waals surface area contributed by atoms with Gasteiger partial charge in [-0.15, -0.1) is 0 Å². The first-order chi connectivity index (χ1) is 8.47. The maximum Gasteiger partial charge on any atom is 0.416 e. The van der Waals surface area contributed by atoms with Crippen molar-refractivity contribution in [3.05, 3.63) is 33.8 Å². The molecule has 1 heterocycles. The predicted octanol–water partition coefficient (Wildman–Crippen LogP) is 4.01. The van der Waals surface area contributed by atoms with Crippen molar-refractivity contribution in [2.45, 2.75) is 25.4 Å². The number of nitrogens with one attached hydrogen (secondary N) is 1. The molecule has 1 aliphatic rings. The highest BCUT2D eigenvalue weighted by molar-refractivity contribution is 9.10. The molecule has 100 valence electrons. The van der Waals surface area contributed by atoms with E-state index in [1.807, 2.05) is 0 Å². The minimum Gasteiger partial charge on any atom is -0.316 e. The molecule has 1 nitrogen and oxygen atoms in total. The van der Waals surface area contributed by atoms with Crippen molar-refractivity contribution in [3.8, 4) is 0 Å². The molecule has 1 unspecified atom stereocenters. The molecule has 0 aromatic heterocycles. The van der Waals surface area contributed by atoms with Gasteiger partial charge in [0.1, 0.15) is 0 Å². The largest absolute Gasteiger partial charge is 0.416 e. The molecular formula is C13H15BrF3N. The van der Waals surface area contributed by atoms with Gasteiger partial charge in [0.05, 0.1) is 5.56 Å². The fourth-order valence-electron chi connectivity index (χ4n) is 2.30. The second-order valence-electron chi connectivity index (χ2n) is 4.72. The lowest BCUT2D eigenvalue weighted by Crippen LogP contribution is -2.30. The Morgan fingerprint density at radius 1 is 1.33 bits per heavy atom. The molecule has 0 radical (unpaired) electrons. The predicted molar refractivity (Wildman–Crippen MR) is 68.4 cm³/mol. The summed E-state index contributed by atoms with van der Waals surface area (Å²) in [5.74, 6) is 0.520. The van der Waals surface area contributed by atoms with Crippen molar-refractivity contribution in [3.63, 3.8) is 0 Å². The van der Waals surface area contributed by atoms with Gasteiger partial charge in [-0.05, 0) is 56.0 Å². The highest BCUT2D eigenvalue weighted by Gasteiger charge is 2.30. The summed E-state index contributed by atoms with van der Waals surface area (Å²) in [7, 11) is 0. The minimum atomic E-state index is -4.27. The van der Waals surface area contributed by atoms with E-state index in [2.05, 4.69) is 21.2 Å². The summed E-state index contributed by atoms with van der Waals surface area (Å²) in [4.78, 5) is 0. The monoisotopic (exact) mass is 321 g/mol. The van der Waals surface area contributed by atoms with Crippen LogP contribution in [0.2, 0.25) is 0 Å². The van der Waals surface area contributed by atoms with E-state index in [-0.39, 0.29) is 0 Å². The van der Waals surface area contributed by atoms with E-state index < -0.39 is 11.7 Å². The second-order valence-corrected chi connectivity index (χ2v) is 5.57. The Morgan fingerprint density at radius 2 is 2.11 bits per heavy atom. The number of hydrogen-bond acceptors (Lipinski definition) is 1. The molecule has 1 aromatic rings. The van der Waals surface area contributed by atoms with Crippen molar-refractivity contribution in [1.82, 2.24) is 5.32 Å². The molecule has 1 aromatic carbocycles. The summed E-state index contributed by atoms with van der Waals surface area (Å²) < 4.78 is 38.1. The lowest BCUT2D eigenvalue weighted by atomic mass is 9.92. The highest BCUT2D eigenvalue weighted by Crippen LogP contribution is 2.33. The van der Waals surface area contributed by atoms with Crippen LogP contribution in [0.25, 0.3) is 0 Å². The van der Waals surface area contributed by atoms with Gasteiger partial charge in [-0.1, -0.05) is 22.0 Å². The summed E-state index contributed by atoms with van der Waals surface area (Å²) in [5, 5.41) is 3.31. The van der Waals surface area contributed by atoms with Crippen LogP contribution < -0.4 is 5.32 Å². The van der Waals surface area contributed by atoms with Crippen LogP contribution in [-0.2, 0) is 12.6 Å². The number of piperidine rings is 1. The van der Waals surface area contributed by atoms with Crippen LogP contribution in [-0.4, -0.2) is 13.1 Å². The van der Waals surface area contributed by atoms with Crippen molar-refractivity contribution >= 4 is 15.9 Å². The number of hydrogen-bond donors (Lipinski definition) is 1. The second kappa shape index (κ2) is 5.61. The van der Waals surface area contributed by atoms with Gasteiger partial charge in [0.2, 0.25) is 0 Å². The Bertz CT molecular complexity index is 411. The van der Waals surface area contributed by atoms with Crippen LogP contribution in [0.3, 0.4) is 0 Å². The van der Waals surface area contributed by atoms with Gasteiger partial charge in [0.25, 0.3) is 0 Å². The molecule has 18 heavy (non-hydrogen) atoms. The quantitative estimate of drug-likeness (QED) is 0.867. The Hall–Kier alpha value is -0.550. The van der Waals surface area contributed by atoms with Gasteiger partial charge in [0, 0.05) is 4.47 Å². The van der Waals surface area contributed by atoms with Crippen molar-refractivity contribution in [1.29, 1.82) is 0 Å². The molecule has 0 bridgehead atoms. The van der Waals surface area contributed by atoms with Crippen LogP contribution in [0.4, 0.5) is 13.2 Å². The Balaban J connectivity index is 2.09. The smallest absolute Gasteiger partial charge is 0.316 e. The molecule has 0 saturated carbocycles. The summed E-state index contributed by atoms with van der Waals surface area (Å²) in [6.07, 6.45) is -1.16. The average molecular weight is 322 g/mol. The molecule has 5 heteroatoms. The zero-order valence-corrected chi connectivity index (χ0v) is 11.4. The zero-order valence-electron chi connectivity index (χ0n) is 9.86. The Kier molecular flexibility index (Phi) is 4.33. The normalized spacial score (nSPS) is 21.0. The Morgan fingerprint density at radius 3 is 2.67 bits per heavy atom. The van der Waals surface area contributed by atoms with Gasteiger partial charge in [-0.25, -0.2) is 0 Å². The molecule has 1 aliphatic heterocycles. The molecule has 1 saturated heterocycles. The van der Waals surface area contributed by atoms with Crippen molar-refractivity contribution in [2.24, 2.45) is 5.92 Å². The first kappa shape index (κ1) is 13.9. The summed E-state index contributed by atoms with van der Waals surface area (Å²) >= 11 is 3.25. The van der Waals surface area contributed by atoms with Crippen LogP contribution in [0.5, 0.6) is 0 Å². The van der Waals surface area contributed by atoms with Gasteiger partial charge < -0.3 is 5.32 Å². The van der Waals surface area contributed by atoms with Crippen LogP contribution >= 0.6 is 15.9 Å². The maximum atomic E-state index is 12.5. The van der Waals surface area contributed by atoms with Crippen molar-refractivity contribution in [2.75, 3.05) is 13.1 Å². The molecule has 2 rings (SSSR count). The van der Waals surface area contributed by atoms with Crippen LogP contribution in [0.1, 0.15) is 24.0 Å². The molecule has 0 aliphatic carbocycles. The molecule has 0 spiro atoms. The van der Waals surface area contributed by atoms with Gasteiger partial charge in [-0.2, -0.15) is 13.2 Å². The molecular weight excluding hydrogens is 307 g/mol. The van der Waals surface area contributed by atoms with E-state index in [4.69, 9.17) is 0 Å². The zero-order chi connectivity index (χ0) is 13.2. The number of alkyl halides is 3. The molecule has 1 atom stereocenters. The molecule has 1 fully saturated rings. The Labute approximate surface area is 113 Å². The van der Waals surface area contributed by atoms with E-state index in [0.29, 0.717) is 10.4 Å². The number of rotatable bonds is 2. The van der Waals surface area contributed by atoms with E-state index in [0.717, 1.165) is 44.0 Å². The summed E-state index contributed by atoms with van der Waals surface area (Å²) in [6.45, 7) is 2.00. The maximum absolute atomic E-state index is 12.5. The minimum absolute atomic E-state index is 0.520. The first-order valence-electron chi connectivity index (χ1n) is 6.03. The standard InChI is InChI=1S/C13H15BrF3N/c14-12-7-11(13(15,16)17)4-3-10(12)6-9-2-1-5-18-8-9/h3-4,7,9,18H,1-2,5-6,8H2. The third kappa shape index (κ3) is 3.48. The first-order valence-corrected chi connectivity index (χ1v) is 6.82. The van der Waals surface area contributed by atoms with E-state index >= 15 is 0 Å². The van der Waals surface area contributed by atoms with Gasteiger partial charge in [-0.3, -0.25) is 0 Å². The van der Waals surface area contributed by atoms with E-state index in [1.165, 1.54) is 6.07 Å². The number of halogens is 4. The van der Waals surface area contributed by atoms with Gasteiger partial charge in [0.15, 0.2) is 0 Å². The summed E-state index contributed by atoms with van der Waals surface area (Å²) in [6, 6.07) is 3.92. The van der Waals surface area contributed by atoms with Crippen LogP contribution in [0, 0.1) is 5.92 Å². The summed E-state index contributed by atoms with van der Waals surface area (Å²) in [5.41, 5.74) is 0.358. The molecule has 1 N–H and O–H groups in total. The lowest BCUT2D eigenvalue weighted by molar-refractivity contribution is -0.137. The third-order valence-electron chi connectivity index (χ3n) is 3.29. The fourth-order valence-corrected chi connectivity index (χ4v) is 2.84. The van der Waals surface area contributed by atoms with Crippen molar-refractivity contribution < 1.29 is 13.2 Å². The van der Waals surface area contributed by atoms with E-state index in [1.54, 1.807) is 6.07 Å². The van der Waals surface area contributed by atoms with Gasteiger partial charge >= 0.3 is 6.18 Å². The lowest BCUT2D eigenvalue weighted by Gasteiger charge is -2.23. The third-order valence-corrected chi connectivity index (χ3v) is 4.03. The SMILES string of the molecule is FC(F)(F)c1ccc(CC2CCCNC2)c(Br)c1. The van der Waals surface area contributed by atoms with Crippen LogP contribution in [0.15, 0.2) is 22.7 Å². The highest BCUT2D eigenvalue weighted by atomic mass is 79.9. The number of benzene rings is 1. The average Bonchev–Trinajstić information content (AvgIpc) is 2.32. The fraction of sp³-hybridized carbons (Fsp3) is 0.538. The van der Waals surface area contributed by atoms with E-state index in [9.17, 15) is 13.2 Å². The molecule has 0 amide bonds.